The molecule has 0 bridgehead atoms. The summed E-state index contributed by atoms with van der Waals surface area (Å²) >= 11 is 5.91. The van der Waals surface area contributed by atoms with Crippen LogP contribution in [0.3, 0.4) is 0 Å². The van der Waals surface area contributed by atoms with Gasteiger partial charge >= 0.3 is 0 Å². The van der Waals surface area contributed by atoms with E-state index in [9.17, 15) is 13.6 Å². The Morgan fingerprint density at radius 3 is 2.50 bits per heavy atom. The quantitative estimate of drug-likeness (QED) is 0.839. The van der Waals surface area contributed by atoms with E-state index in [0.29, 0.717) is 0 Å². The first kappa shape index (κ1) is 16.2. The number of amides is 1. The third-order valence-electron chi connectivity index (χ3n) is 3.07. The molecule has 0 saturated heterocycles. The Hall–Kier alpha value is -2.14. The van der Waals surface area contributed by atoms with Gasteiger partial charge in [0.25, 0.3) is 5.91 Å². The monoisotopic (exact) mass is 325 g/mol. The molecule has 1 amide bonds. The van der Waals surface area contributed by atoms with E-state index in [2.05, 4.69) is 0 Å². The maximum atomic E-state index is 13.7. The van der Waals surface area contributed by atoms with Crippen molar-refractivity contribution in [2.45, 2.75) is 6.54 Å². The lowest BCUT2D eigenvalue weighted by Gasteiger charge is -2.18. The second-order valence-corrected chi connectivity index (χ2v) is 5.08. The Kier molecular flexibility index (Phi) is 5.33. The van der Waals surface area contributed by atoms with Crippen LogP contribution in [0, 0.1) is 11.6 Å². The van der Waals surface area contributed by atoms with Gasteiger partial charge in [-0.3, -0.25) is 4.79 Å². The summed E-state index contributed by atoms with van der Waals surface area (Å²) in [7, 11) is 1.50. The number of hydrogen-bond acceptors (Lipinski definition) is 2. The zero-order valence-electron chi connectivity index (χ0n) is 11.9. The molecule has 0 aliphatic heterocycles. The lowest BCUT2D eigenvalue weighted by Crippen LogP contribution is -2.31. The largest absolute Gasteiger partial charge is 0.481 e. The van der Waals surface area contributed by atoms with Crippen LogP contribution in [0.15, 0.2) is 42.5 Å². The van der Waals surface area contributed by atoms with E-state index in [1.165, 1.54) is 42.3 Å². The highest BCUT2D eigenvalue weighted by Gasteiger charge is 2.15. The van der Waals surface area contributed by atoms with Gasteiger partial charge in [0.05, 0.1) is 0 Å². The molecule has 6 heteroatoms. The molecule has 0 spiro atoms. The van der Waals surface area contributed by atoms with Crippen LogP contribution in [0.25, 0.3) is 0 Å². The lowest BCUT2D eigenvalue weighted by molar-refractivity contribution is -0.132. The van der Waals surface area contributed by atoms with Crippen molar-refractivity contribution in [3.63, 3.8) is 0 Å². The van der Waals surface area contributed by atoms with Crippen LogP contribution in [-0.4, -0.2) is 24.5 Å². The van der Waals surface area contributed by atoms with Crippen molar-refractivity contribution in [3.05, 3.63) is 64.7 Å². The summed E-state index contributed by atoms with van der Waals surface area (Å²) in [5, 5.41) is 0.245. The molecule has 3 nitrogen and oxygen atoms in total. The highest BCUT2D eigenvalue weighted by atomic mass is 35.5. The van der Waals surface area contributed by atoms with Gasteiger partial charge in [0, 0.05) is 24.2 Å². The number of halogens is 3. The normalized spacial score (nSPS) is 10.4. The maximum Gasteiger partial charge on any atom is 0.260 e. The van der Waals surface area contributed by atoms with Gasteiger partial charge in [0.1, 0.15) is 5.82 Å². The Morgan fingerprint density at radius 2 is 1.82 bits per heavy atom. The smallest absolute Gasteiger partial charge is 0.260 e. The van der Waals surface area contributed by atoms with Crippen LogP contribution in [0.4, 0.5) is 8.78 Å². The minimum absolute atomic E-state index is 0.00493. The molecule has 0 aromatic heterocycles. The molecule has 116 valence electrons. The zero-order valence-corrected chi connectivity index (χ0v) is 12.6. The molecule has 2 aromatic rings. The van der Waals surface area contributed by atoms with Gasteiger partial charge in [-0.2, -0.15) is 0 Å². The van der Waals surface area contributed by atoms with E-state index in [0.717, 1.165) is 0 Å². The SMILES string of the molecule is CN(Cc1c(F)cccc1Cl)C(=O)COc1ccccc1F. The van der Waals surface area contributed by atoms with Gasteiger partial charge in [-0.1, -0.05) is 29.8 Å². The highest BCUT2D eigenvalue weighted by Crippen LogP contribution is 2.20. The van der Waals surface area contributed by atoms with E-state index in [-0.39, 0.29) is 29.5 Å². The number of benzene rings is 2. The minimum Gasteiger partial charge on any atom is -0.481 e. The van der Waals surface area contributed by atoms with Gasteiger partial charge in [0.2, 0.25) is 0 Å². The Labute approximate surface area is 132 Å². The molecule has 0 radical (unpaired) electrons. The summed E-state index contributed by atoms with van der Waals surface area (Å²) in [6, 6.07) is 10.1. The third kappa shape index (κ3) is 3.95. The standard InChI is InChI=1S/C16H14ClF2NO2/c1-20(9-11-12(17)5-4-7-13(11)18)16(21)10-22-15-8-3-2-6-14(15)19/h2-8H,9-10H2,1H3. The predicted molar refractivity (Wildman–Crippen MR) is 79.8 cm³/mol. The minimum atomic E-state index is -0.546. The molecule has 0 atom stereocenters. The van der Waals surface area contributed by atoms with Crippen LogP contribution < -0.4 is 4.74 Å². The Balaban J connectivity index is 1.97. The van der Waals surface area contributed by atoms with Gasteiger partial charge in [-0.05, 0) is 24.3 Å². The average molecular weight is 326 g/mol. The van der Waals surface area contributed by atoms with Crippen molar-refractivity contribution in [2.75, 3.05) is 13.7 Å². The number of carbonyl (C=O) groups is 1. The molecule has 0 aliphatic rings. The molecular formula is C16H14ClF2NO2. The van der Waals surface area contributed by atoms with Crippen LogP contribution in [0.5, 0.6) is 5.75 Å². The molecule has 2 aromatic carbocycles. The molecule has 0 unspecified atom stereocenters. The van der Waals surface area contributed by atoms with E-state index >= 15 is 0 Å². The molecular weight excluding hydrogens is 312 g/mol. The highest BCUT2D eigenvalue weighted by molar-refractivity contribution is 6.31. The number of likely N-dealkylation sites (N-methyl/N-ethyl adjacent to an activating group) is 1. The number of ether oxygens (including phenoxy) is 1. The zero-order chi connectivity index (χ0) is 16.1. The number of nitrogens with zero attached hydrogens (tertiary/aromatic N) is 1. The van der Waals surface area contributed by atoms with Crippen molar-refractivity contribution in [2.24, 2.45) is 0 Å². The summed E-state index contributed by atoms with van der Waals surface area (Å²) in [5.41, 5.74) is 0.228. The van der Waals surface area contributed by atoms with Crippen LogP contribution >= 0.6 is 11.6 Å². The average Bonchev–Trinajstić information content (AvgIpc) is 2.49. The lowest BCUT2D eigenvalue weighted by atomic mass is 10.2. The van der Waals surface area contributed by atoms with Crippen molar-refractivity contribution in [1.29, 1.82) is 0 Å². The number of rotatable bonds is 5. The molecule has 22 heavy (non-hydrogen) atoms. The second-order valence-electron chi connectivity index (χ2n) is 4.67. The second kappa shape index (κ2) is 7.22. The Bertz CT molecular complexity index is 659. The summed E-state index contributed by atoms with van der Waals surface area (Å²) in [5.74, 6) is -1.45. The van der Waals surface area contributed by atoms with E-state index in [1.807, 2.05) is 0 Å². The van der Waals surface area contributed by atoms with E-state index < -0.39 is 17.5 Å². The van der Waals surface area contributed by atoms with Gasteiger partial charge in [0.15, 0.2) is 18.2 Å². The van der Waals surface area contributed by atoms with E-state index in [4.69, 9.17) is 16.3 Å². The van der Waals surface area contributed by atoms with Crippen molar-refractivity contribution in [1.82, 2.24) is 4.90 Å². The topological polar surface area (TPSA) is 29.5 Å². The Morgan fingerprint density at radius 1 is 1.14 bits per heavy atom. The maximum absolute atomic E-state index is 13.7. The summed E-state index contributed by atoms with van der Waals surface area (Å²) in [6.07, 6.45) is 0. The molecule has 0 aliphatic carbocycles. The fourth-order valence-corrected chi connectivity index (χ4v) is 2.04. The fourth-order valence-electron chi connectivity index (χ4n) is 1.82. The first-order valence-corrected chi connectivity index (χ1v) is 6.91. The summed E-state index contributed by atoms with van der Waals surface area (Å²) in [4.78, 5) is 13.2. The van der Waals surface area contributed by atoms with Crippen molar-refractivity contribution in [3.8, 4) is 5.75 Å². The molecule has 0 fully saturated rings. The molecule has 0 heterocycles. The number of hydrogen-bond donors (Lipinski definition) is 0. The molecule has 0 N–H and O–H groups in total. The van der Waals surface area contributed by atoms with Crippen LogP contribution in [0.2, 0.25) is 5.02 Å². The fraction of sp³-hybridized carbons (Fsp3) is 0.188. The third-order valence-corrected chi connectivity index (χ3v) is 3.42. The van der Waals surface area contributed by atoms with Crippen molar-refractivity contribution >= 4 is 17.5 Å². The van der Waals surface area contributed by atoms with Crippen LogP contribution in [0.1, 0.15) is 5.56 Å². The molecule has 0 saturated carbocycles. The van der Waals surface area contributed by atoms with Gasteiger partial charge in [-0.15, -0.1) is 0 Å². The molecule has 2 rings (SSSR count). The van der Waals surface area contributed by atoms with Crippen LogP contribution in [-0.2, 0) is 11.3 Å². The summed E-state index contributed by atoms with van der Waals surface area (Å²) in [6.45, 7) is -0.339. The first-order valence-electron chi connectivity index (χ1n) is 6.53. The first-order chi connectivity index (χ1) is 10.5. The summed E-state index contributed by atoms with van der Waals surface area (Å²) < 4.78 is 32.2. The van der Waals surface area contributed by atoms with Gasteiger partial charge in [-0.25, -0.2) is 8.78 Å². The van der Waals surface area contributed by atoms with Gasteiger partial charge < -0.3 is 9.64 Å². The number of carbonyl (C=O) groups excluding carboxylic acids is 1. The number of para-hydroxylation sites is 1. The van der Waals surface area contributed by atoms with Crippen molar-refractivity contribution < 1.29 is 18.3 Å². The predicted octanol–water partition coefficient (Wildman–Crippen LogP) is 3.66. The van der Waals surface area contributed by atoms with E-state index in [1.54, 1.807) is 12.1 Å².